The molecule has 0 radical (unpaired) electrons. The average molecular weight is 296 g/mol. The van der Waals surface area contributed by atoms with Crippen molar-refractivity contribution in [3.63, 3.8) is 0 Å². The van der Waals surface area contributed by atoms with Gasteiger partial charge in [-0.3, -0.25) is 4.90 Å². The fraction of sp³-hybridized carbons (Fsp3) is 0.222. The summed E-state index contributed by atoms with van der Waals surface area (Å²) in [5.41, 5.74) is 2.05. The van der Waals surface area contributed by atoms with Gasteiger partial charge in [-0.25, -0.2) is 0 Å². The van der Waals surface area contributed by atoms with E-state index in [1.165, 1.54) is 0 Å². The maximum Gasteiger partial charge on any atom is 0.331 e. The summed E-state index contributed by atoms with van der Waals surface area (Å²) >= 11 is 0. The average Bonchev–Trinajstić information content (AvgIpc) is 2.97. The monoisotopic (exact) mass is 296 g/mol. The first-order valence-corrected chi connectivity index (χ1v) is 7.29. The smallest absolute Gasteiger partial charge is 0.331 e. The Bertz CT molecular complexity index is 587. The van der Waals surface area contributed by atoms with E-state index in [0.29, 0.717) is 6.54 Å². The lowest BCUT2D eigenvalue weighted by molar-refractivity contribution is -0.0275. The number of ether oxygens (including phenoxy) is 2. The van der Waals surface area contributed by atoms with Gasteiger partial charge in [0.15, 0.2) is 5.76 Å². The highest BCUT2D eigenvalue weighted by atomic mass is 16.7. The van der Waals surface area contributed by atoms with Gasteiger partial charge >= 0.3 is 6.41 Å². The lowest BCUT2D eigenvalue weighted by Crippen LogP contribution is -2.32. The summed E-state index contributed by atoms with van der Waals surface area (Å²) in [5.74, 6) is 0.826. The van der Waals surface area contributed by atoms with Gasteiger partial charge in [0, 0.05) is 11.4 Å². The molecule has 0 saturated heterocycles. The Balaban J connectivity index is 1.85. The maximum atomic E-state index is 5.97. The predicted octanol–water partition coefficient (Wildman–Crippen LogP) is 3.56. The lowest BCUT2D eigenvalue weighted by atomic mass is 10.2. The van der Waals surface area contributed by atoms with Crippen molar-refractivity contribution in [3.8, 4) is 0 Å². The normalized spacial score (nSPS) is 16.9. The van der Waals surface area contributed by atoms with E-state index >= 15 is 0 Å². The van der Waals surface area contributed by atoms with Crippen LogP contribution in [0.1, 0.15) is 0 Å². The standard InChI is InChI=1S/C18H20N2O2/c1-19(2)13-17-14-21-18(22-17)20(15-9-5-3-6-10-15)16-11-7-4-8-12-16/h3-12,14,18H,13H2,1-2H3. The molecular formula is C18H20N2O2. The van der Waals surface area contributed by atoms with Crippen LogP contribution in [0.3, 0.4) is 0 Å². The molecule has 22 heavy (non-hydrogen) atoms. The molecule has 1 heterocycles. The van der Waals surface area contributed by atoms with Crippen LogP contribution in [-0.2, 0) is 9.47 Å². The molecule has 0 bridgehead atoms. The molecule has 114 valence electrons. The minimum atomic E-state index is -0.486. The molecule has 0 aromatic heterocycles. The summed E-state index contributed by atoms with van der Waals surface area (Å²) in [4.78, 5) is 4.09. The zero-order valence-corrected chi connectivity index (χ0v) is 12.8. The molecule has 0 saturated carbocycles. The first-order chi connectivity index (χ1) is 10.7. The number of benzene rings is 2. The van der Waals surface area contributed by atoms with Crippen LogP contribution in [0.25, 0.3) is 0 Å². The van der Waals surface area contributed by atoms with Gasteiger partial charge in [0.2, 0.25) is 0 Å². The molecule has 1 aliphatic heterocycles. The Labute approximate surface area is 131 Å². The third kappa shape index (κ3) is 3.23. The summed E-state index contributed by atoms with van der Waals surface area (Å²) in [6.07, 6.45) is 1.21. The van der Waals surface area contributed by atoms with Crippen molar-refractivity contribution >= 4 is 11.4 Å². The number of rotatable bonds is 5. The van der Waals surface area contributed by atoms with Crippen LogP contribution in [0, 0.1) is 0 Å². The van der Waals surface area contributed by atoms with Crippen LogP contribution < -0.4 is 4.90 Å². The summed E-state index contributed by atoms with van der Waals surface area (Å²) < 4.78 is 11.7. The number of para-hydroxylation sites is 2. The Hall–Kier alpha value is -2.46. The van der Waals surface area contributed by atoms with Gasteiger partial charge in [-0.05, 0) is 38.4 Å². The molecule has 0 aliphatic carbocycles. The first-order valence-electron chi connectivity index (χ1n) is 7.29. The van der Waals surface area contributed by atoms with Crippen LogP contribution >= 0.6 is 0 Å². The SMILES string of the molecule is CN(C)CC1=COC(N(c2ccccc2)c2ccccc2)O1. The van der Waals surface area contributed by atoms with E-state index in [1.54, 1.807) is 6.26 Å². The van der Waals surface area contributed by atoms with Crippen LogP contribution in [0.15, 0.2) is 72.7 Å². The summed E-state index contributed by atoms with van der Waals surface area (Å²) in [6, 6.07) is 20.2. The lowest BCUT2D eigenvalue weighted by Gasteiger charge is -2.29. The third-order valence-electron chi connectivity index (χ3n) is 3.32. The van der Waals surface area contributed by atoms with Crippen LogP contribution in [-0.4, -0.2) is 32.0 Å². The fourth-order valence-electron chi connectivity index (χ4n) is 2.39. The summed E-state index contributed by atoms with van der Waals surface area (Å²) in [6.45, 7) is 0.716. The number of anilines is 2. The molecular weight excluding hydrogens is 276 g/mol. The Morgan fingerprint density at radius 3 is 1.91 bits per heavy atom. The number of hydrogen-bond donors (Lipinski definition) is 0. The molecule has 1 unspecified atom stereocenters. The quantitative estimate of drug-likeness (QED) is 0.842. The first kappa shape index (κ1) is 14.5. The molecule has 4 heteroatoms. The summed E-state index contributed by atoms with van der Waals surface area (Å²) in [7, 11) is 4.01. The van der Waals surface area contributed by atoms with Gasteiger partial charge in [0.1, 0.15) is 6.26 Å². The Morgan fingerprint density at radius 2 is 1.41 bits per heavy atom. The van der Waals surface area contributed by atoms with E-state index in [9.17, 15) is 0 Å². The van der Waals surface area contributed by atoms with E-state index in [2.05, 4.69) is 0 Å². The van der Waals surface area contributed by atoms with Crippen molar-refractivity contribution < 1.29 is 9.47 Å². The predicted molar refractivity (Wildman–Crippen MR) is 87.6 cm³/mol. The molecule has 0 N–H and O–H groups in total. The molecule has 0 amide bonds. The van der Waals surface area contributed by atoms with Crippen LogP contribution in [0.5, 0.6) is 0 Å². The largest absolute Gasteiger partial charge is 0.441 e. The Kier molecular flexibility index (Phi) is 4.30. The zero-order chi connectivity index (χ0) is 15.4. The molecule has 2 aromatic carbocycles. The fourth-order valence-corrected chi connectivity index (χ4v) is 2.39. The van der Waals surface area contributed by atoms with Crippen molar-refractivity contribution in [3.05, 3.63) is 72.7 Å². The van der Waals surface area contributed by atoms with E-state index in [4.69, 9.17) is 9.47 Å². The van der Waals surface area contributed by atoms with Crippen molar-refractivity contribution in [2.45, 2.75) is 6.41 Å². The molecule has 0 spiro atoms. The highest BCUT2D eigenvalue weighted by Crippen LogP contribution is 2.31. The van der Waals surface area contributed by atoms with Gasteiger partial charge in [-0.15, -0.1) is 0 Å². The molecule has 2 aromatic rings. The summed E-state index contributed by atoms with van der Waals surface area (Å²) in [5, 5.41) is 0. The van der Waals surface area contributed by atoms with E-state index in [1.807, 2.05) is 84.6 Å². The second-order valence-electron chi connectivity index (χ2n) is 5.42. The number of likely N-dealkylation sites (N-methyl/N-ethyl adjacent to an activating group) is 1. The zero-order valence-electron chi connectivity index (χ0n) is 12.8. The Morgan fingerprint density at radius 1 is 0.864 bits per heavy atom. The number of nitrogens with zero attached hydrogens (tertiary/aromatic N) is 2. The molecule has 0 fully saturated rings. The number of hydrogen-bond acceptors (Lipinski definition) is 4. The van der Waals surface area contributed by atoms with Gasteiger partial charge < -0.3 is 14.4 Å². The minimum Gasteiger partial charge on any atom is -0.441 e. The topological polar surface area (TPSA) is 24.9 Å². The van der Waals surface area contributed by atoms with Crippen LogP contribution in [0.4, 0.5) is 11.4 Å². The molecule has 1 aliphatic rings. The van der Waals surface area contributed by atoms with E-state index in [-0.39, 0.29) is 0 Å². The van der Waals surface area contributed by atoms with Crippen molar-refractivity contribution in [2.24, 2.45) is 0 Å². The third-order valence-corrected chi connectivity index (χ3v) is 3.32. The molecule has 1 atom stereocenters. The van der Waals surface area contributed by atoms with E-state index in [0.717, 1.165) is 17.1 Å². The second-order valence-corrected chi connectivity index (χ2v) is 5.42. The van der Waals surface area contributed by atoms with Gasteiger partial charge in [-0.2, -0.15) is 0 Å². The molecule has 4 nitrogen and oxygen atoms in total. The van der Waals surface area contributed by atoms with Crippen molar-refractivity contribution in [1.29, 1.82) is 0 Å². The van der Waals surface area contributed by atoms with Gasteiger partial charge in [0.05, 0.1) is 6.54 Å². The molecule has 3 rings (SSSR count). The van der Waals surface area contributed by atoms with E-state index < -0.39 is 6.41 Å². The van der Waals surface area contributed by atoms with Crippen LogP contribution in [0.2, 0.25) is 0 Å². The highest BCUT2D eigenvalue weighted by Gasteiger charge is 2.28. The minimum absolute atomic E-state index is 0.486. The van der Waals surface area contributed by atoms with Crippen molar-refractivity contribution in [1.82, 2.24) is 4.90 Å². The van der Waals surface area contributed by atoms with Crippen molar-refractivity contribution in [2.75, 3.05) is 25.5 Å². The highest BCUT2D eigenvalue weighted by molar-refractivity contribution is 5.63. The van der Waals surface area contributed by atoms with Gasteiger partial charge in [-0.1, -0.05) is 36.4 Å². The second kappa shape index (κ2) is 6.54. The van der Waals surface area contributed by atoms with Gasteiger partial charge in [0.25, 0.3) is 0 Å². The maximum absolute atomic E-state index is 5.97.